The molecule has 0 saturated carbocycles. The number of carbonyl (C=O) groups excluding carboxylic acids is 3. The summed E-state index contributed by atoms with van der Waals surface area (Å²) in [6.45, 7) is 7.94. The molecule has 1 heterocycles. The van der Waals surface area contributed by atoms with Gasteiger partial charge in [0.05, 0.1) is 41.7 Å². The molecule has 3 aromatic carbocycles. The molecule has 4 rings (SSSR count). The Morgan fingerprint density at radius 3 is 2.51 bits per heavy atom. The number of amides is 3. The van der Waals surface area contributed by atoms with Gasteiger partial charge in [0.25, 0.3) is 5.91 Å². The number of hydrazone groups is 1. The Labute approximate surface area is 287 Å². The van der Waals surface area contributed by atoms with E-state index in [1.165, 1.54) is 13.3 Å². The van der Waals surface area contributed by atoms with Crippen LogP contribution in [0.4, 0.5) is 4.79 Å². The van der Waals surface area contributed by atoms with E-state index in [0.717, 1.165) is 14.7 Å². The number of methoxy groups -OCH3 is 1. The van der Waals surface area contributed by atoms with Crippen LogP contribution in [-0.2, 0) is 20.9 Å². The van der Waals surface area contributed by atoms with Crippen LogP contribution in [0.2, 0.25) is 0 Å². The minimum atomic E-state index is -0.775. The zero-order chi connectivity index (χ0) is 33.9. The Balaban J connectivity index is 1.39. The second-order valence-corrected chi connectivity index (χ2v) is 11.5. The van der Waals surface area contributed by atoms with Crippen LogP contribution in [0, 0.1) is 10.5 Å². The van der Waals surface area contributed by atoms with Crippen molar-refractivity contribution in [2.45, 2.75) is 40.3 Å². The first-order chi connectivity index (χ1) is 22.6. The molecular weight excluding hydrogens is 719 g/mol. The van der Waals surface area contributed by atoms with Crippen molar-refractivity contribution in [2.24, 2.45) is 5.10 Å². The fourth-order valence-corrected chi connectivity index (χ4v) is 5.56. The number of aryl methyl sites for hydroxylation is 1. The van der Waals surface area contributed by atoms with Crippen molar-refractivity contribution in [2.75, 3.05) is 26.9 Å². The van der Waals surface area contributed by atoms with Gasteiger partial charge in [0.2, 0.25) is 0 Å². The van der Waals surface area contributed by atoms with Gasteiger partial charge in [-0.2, -0.15) is 5.10 Å². The highest BCUT2D eigenvalue weighted by Crippen LogP contribution is 2.36. The number of nitrogens with one attached hydrogen (secondary N) is 3. The van der Waals surface area contributed by atoms with Crippen LogP contribution < -0.4 is 35.0 Å². The molecule has 0 radical (unpaired) electrons. The molecule has 3 amide bonds. The highest BCUT2D eigenvalue weighted by Gasteiger charge is 2.32. The van der Waals surface area contributed by atoms with E-state index < -0.39 is 23.9 Å². The van der Waals surface area contributed by atoms with Crippen molar-refractivity contribution in [3.8, 4) is 23.0 Å². The molecule has 0 aromatic heterocycles. The first-order valence-corrected chi connectivity index (χ1v) is 15.9. The smallest absolute Gasteiger partial charge is 0.338 e. The molecule has 3 N–H and O–H groups in total. The zero-order valence-electron chi connectivity index (χ0n) is 26.8. The van der Waals surface area contributed by atoms with Gasteiger partial charge in [-0.15, -0.1) is 0 Å². The summed E-state index contributed by atoms with van der Waals surface area (Å²) < 4.78 is 29.1. The Kier molecular flexibility index (Phi) is 12.4. The molecule has 47 heavy (non-hydrogen) atoms. The minimum Gasteiger partial charge on any atom is -0.493 e. The lowest BCUT2D eigenvalue weighted by Gasteiger charge is -2.28. The van der Waals surface area contributed by atoms with Gasteiger partial charge in [0, 0.05) is 5.70 Å². The highest BCUT2D eigenvalue weighted by atomic mass is 127. The van der Waals surface area contributed by atoms with Gasteiger partial charge in [0.1, 0.15) is 6.61 Å². The number of carbonyl (C=O) groups is 3. The maximum absolute atomic E-state index is 12.6. The average Bonchev–Trinajstić information content (AvgIpc) is 3.03. The van der Waals surface area contributed by atoms with Crippen LogP contribution in [0.1, 0.15) is 49.1 Å². The first kappa shape index (κ1) is 35.1. The monoisotopic (exact) mass is 756 g/mol. The van der Waals surface area contributed by atoms with Crippen molar-refractivity contribution >= 4 is 46.7 Å². The maximum atomic E-state index is 12.6. The molecule has 0 aliphatic carbocycles. The fourth-order valence-electron chi connectivity index (χ4n) is 4.78. The molecule has 0 unspecified atom stereocenters. The first-order valence-electron chi connectivity index (χ1n) is 14.9. The second-order valence-electron chi connectivity index (χ2n) is 10.3. The number of hydrogen-bond donors (Lipinski definition) is 3. The van der Waals surface area contributed by atoms with Crippen molar-refractivity contribution in [1.82, 2.24) is 16.1 Å². The zero-order valence-corrected chi connectivity index (χ0v) is 28.9. The van der Waals surface area contributed by atoms with Crippen molar-refractivity contribution in [3.05, 3.63) is 91.7 Å². The summed E-state index contributed by atoms with van der Waals surface area (Å²) in [5.74, 6) is 0.739. The van der Waals surface area contributed by atoms with Crippen molar-refractivity contribution < 1.29 is 38.1 Å². The predicted octanol–water partition coefficient (Wildman–Crippen LogP) is 5.31. The molecule has 1 aliphatic heterocycles. The highest BCUT2D eigenvalue weighted by molar-refractivity contribution is 14.1. The SMILES string of the molecule is CCOC(=O)C1=C(C)NC(=O)N[C@H]1c1ccc(OCC(=O)N/N=C\c2cc(I)c(OCc3cccc(C)c3)c(OCC)c2)c(OC)c1. The number of urea groups is 1. The van der Waals surface area contributed by atoms with E-state index in [9.17, 15) is 14.4 Å². The van der Waals surface area contributed by atoms with E-state index >= 15 is 0 Å². The quantitative estimate of drug-likeness (QED) is 0.0870. The third-order valence-corrected chi connectivity index (χ3v) is 7.65. The van der Waals surface area contributed by atoms with Crippen LogP contribution in [-0.4, -0.2) is 51.1 Å². The summed E-state index contributed by atoms with van der Waals surface area (Å²) in [4.78, 5) is 37.4. The summed E-state index contributed by atoms with van der Waals surface area (Å²) in [7, 11) is 1.45. The second kappa shape index (κ2) is 16.7. The van der Waals surface area contributed by atoms with Gasteiger partial charge in [-0.25, -0.2) is 15.0 Å². The summed E-state index contributed by atoms with van der Waals surface area (Å²) in [6.07, 6.45) is 1.51. The third kappa shape index (κ3) is 9.37. The standard InChI is InChI=1S/C34H37IN4O8/c1-6-44-28-15-23(14-25(35)32(28)47-18-22-10-8-9-20(3)13-22)17-36-39-29(40)19-46-26-12-11-24(16-27(26)43-5)31-30(33(41)45-7-2)21(4)37-34(42)38-31/h8-17,31H,6-7,18-19H2,1-5H3,(H,39,40)(H2,37,38,42)/b36-17-/t31-/m0/s1. The van der Waals surface area contributed by atoms with Crippen LogP contribution in [0.25, 0.3) is 0 Å². The summed E-state index contributed by atoms with van der Waals surface area (Å²) >= 11 is 2.18. The number of hydrogen-bond acceptors (Lipinski definition) is 9. The molecule has 1 atom stereocenters. The lowest BCUT2D eigenvalue weighted by molar-refractivity contribution is -0.139. The van der Waals surface area contributed by atoms with Gasteiger partial charge in [-0.3, -0.25) is 4.79 Å². The van der Waals surface area contributed by atoms with E-state index in [0.29, 0.717) is 47.3 Å². The molecule has 0 fully saturated rings. The number of esters is 1. The van der Waals surface area contributed by atoms with Crippen molar-refractivity contribution in [1.29, 1.82) is 0 Å². The molecule has 0 bridgehead atoms. The van der Waals surface area contributed by atoms with Crippen LogP contribution in [0.3, 0.4) is 0 Å². The van der Waals surface area contributed by atoms with E-state index in [4.69, 9.17) is 23.7 Å². The molecule has 0 saturated heterocycles. The van der Waals surface area contributed by atoms with Gasteiger partial charge in [-0.05, 0) is 91.2 Å². The largest absolute Gasteiger partial charge is 0.493 e. The Morgan fingerprint density at radius 1 is 0.979 bits per heavy atom. The number of halogens is 1. The van der Waals surface area contributed by atoms with Crippen LogP contribution >= 0.6 is 22.6 Å². The van der Waals surface area contributed by atoms with Crippen LogP contribution in [0.15, 0.2) is 71.0 Å². The average molecular weight is 757 g/mol. The van der Waals surface area contributed by atoms with E-state index in [-0.39, 0.29) is 24.5 Å². The van der Waals surface area contributed by atoms with Crippen LogP contribution in [0.5, 0.6) is 23.0 Å². The lowest BCUT2D eigenvalue weighted by atomic mass is 9.95. The Morgan fingerprint density at radius 2 is 1.79 bits per heavy atom. The van der Waals surface area contributed by atoms with Gasteiger partial charge < -0.3 is 34.3 Å². The molecule has 12 nitrogen and oxygen atoms in total. The third-order valence-electron chi connectivity index (χ3n) is 6.84. The summed E-state index contributed by atoms with van der Waals surface area (Å²) in [6, 6.07) is 15.4. The predicted molar refractivity (Wildman–Crippen MR) is 184 cm³/mol. The number of ether oxygens (including phenoxy) is 5. The number of rotatable bonds is 14. The molecule has 1 aliphatic rings. The Bertz CT molecular complexity index is 1690. The summed E-state index contributed by atoms with van der Waals surface area (Å²) in [5.41, 5.74) is 6.59. The summed E-state index contributed by atoms with van der Waals surface area (Å²) in [5, 5.41) is 9.41. The number of allylic oxidation sites excluding steroid dienone is 1. The molecule has 248 valence electrons. The number of benzene rings is 3. The minimum absolute atomic E-state index is 0.183. The van der Waals surface area contributed by atoms with Gasteiger partial charge in [-0.1, -0.05) is 35.9 Å². The Hall–Kier alpha value is -4.79. The lowest BCUT2D eigenvalue weighted by Crippen LogP contribution is -2.45. The maximum Gasteiger partial charge on any atom is 0.338 e. The van der Waals surface area contributed by atoms with E-state index in [1.54, 1.807) is 38.1 Å². The van der Waals surface area contributed by atoms with Gasteiger partial charge >= 0.3 is 12.0 Å². The van der Waals surface area contributed by atoms with E-state index in [2.05, 4.69) is 49.8 Å². The molecular formula is C34H37IN4O8. The normalized spacial score (nSPS) is 14.3. The van der Waals surface area contributed by atoms with Crippen molar-refractivity contribution in [3.63, 3.8) is 0 Å². The molecule has 13 heteroatoms. The molecule has 3 aromatic rings. The van der Waals surface area contributed by atoms with Gasteiger partial charge in [0.15, 0.2) is 29.6 Å². The fraction of sp³-hybridized carbons (Fsp3) is 0.294. The molecule has 0 spiro atoms. The topological polar surface area (TPSA) is 146 Å². The number of nitrogens with zero attached hydrogens (tertiary/aromatic N) is 1. The van der Waals surface area contributed by atoms with E-state index in [1.807, 2.05) is 38.1 Å².